The van der Waals surface area contributed by atoms with Crippen LogP contribution in [0.3, 0.4) is 0 Å². The van der Waals surface area contributed by atoms with Crippen molar-refractivity contribution in [2.45, 2.75) is 0 Å². The first-order chi connectivity index (χ1) is 4.75. The third-order valence-electron chi connectivity index (χ3n) is 0.949. The fourth-order valence-electron chi connectivity index (χ4n) is 0.565. The lowest BCUT2D eigenvalue weighted by Crippen LogP contribution is -2.27. The number of hydroxylamine groups is 2. The standard InChI is InChI=1S/C6H5NO3/c1-2-10-7-5(8)3-4-6(7)9/h2-4H,1H2. The van der Waals surface area contributed by atoms with E-state index in [1.807, 2.05) is 0 Å². The average molecular weight is 139 g/mol. The molecule has 0 spiro atoms. The van der Waals surface area contributed by atoms with Crippen LogP contribution in [0.15, 0.2) is 25.0 Å². The minimum absolute atomic E-state index is 0.482. The molecule has 1 aliphatic rings. The molecule has 0 saturated heterocycles. The van der Waals surface area contributed by atoms with E-state index in [1.54, 1.807) is 0 Å². The largest absolute Gasteiger partial charge is 0.377 e. The summed E-state index contributed by atoms with van der Waals surface area (Å²) < 4.78 is 0. The second kappa shape index (κ2) is 2.34. The molecular weight excluding hydrogens is 134 g/mol. The number of carbonyl (C=O) groups excluding carboxylic acids is 2. The second-order valence-corrected chi connectivity index (χ2v) is 1.58. The van der Waals surface area contributed by atoms with Gasteiger partial charge in [0.1, 0.15) is 6.26 Å². The van der Waals surface area contributed by atoms with Crippen molar-refractivity contribution >= 4 is 11.8 Å². The minimum Gasteiger partial charge on any atom is -0.377 e. The Hall–Kier alpha value is -1.58. The summed E-state index contributed by atoms with van der Waals surface area (Å²) in [5.74, 6) is -0.963. The molecule has 0 N–H and O–H groups in total. The zero-order chi connectivity index (χ0) is 7.56. The van der Waals surface area contributed by atoms with Gasteiger partial charge >= 0.3 is 0 Å². The number of amides is 2. The molecule has 0 atom stereocenters. The SMILES string of the molecule is C=CON1C(=O)C=CC1=O. The Balaban J connectivity index is 2.69. The number of carbonyl (C=O) groups is 2. The van der Waals surface area contributed by atoms with Gasteiger partial charge in [-0.25, -0.2) is 0 Å². The number of imide groups is 1. The second-order valence-electron chi connectivity index (χ2n) is 1.58. The van der Waals surface area contributed by atoms with Gasteiger partial charge in [-0.3, -0.25) is 9.59 Å². The molecule has 2 amide bonds. The van der Waals surface area contributed by atoms with Gasteiger partial charge in [0.15, 0.2) is 0 Å². The van der Waals surface area contributed by atoms with E-state index >= 15 is 0 Å². The van der Waals surface area contributed by atoms with Gasteiger partial charge in [0.25, 0.3) is 11.8 Å². The summed E-state index contributed by atoms with van der Waals surface area (Å²) in [6, 6.07) is 0. The molecule has 0 bridgehead atoms. The van der Waals surface area contributed by atoms with Crippen molar-refractivity contribution in [1.82, 2.24) is 5.06 Å². The summed E-state index contributed by atoms with van der Waals surface area (Å²) in [4.78, 5) is 25.7. The minimum atomic E-state index is -0.482. The number of nitrogens with zero attached hydrogens (tertiary/aromatic N) is 1. The Bertz CT molecular complexity index is 201. The van der Waals surface area contributed by atoms with Crippen molar-refractivity contribution < 1.29 is 14.4 Å². The summed E-state index contributed by atoms with van der Waals surface area (Å²) in [5, 5.41) is 0.618. The van der Waals surface area contributed by atoms with Crippen molar-refractivity contribution in [3.63, 3.8) is 0 Å². The molecule has 1 aliphatic heterocycles. The van der Waals surface area contributed by atoms with E-state index in [0.717, 1.165) is 18.4 Å². The third-order valence-corrected chi connectivity index (χ3v) is 0.949. The van der Waals surface area contributed by atoms with Crippen LogP contribution < -0.4 is 0 Å². The summed E-state index contributed by atoms with van der Waals surface area (Å²) >= 11 is 0. The lowest BCUT2D eigenvalue weighted by Gasteiger charge is -2.08. The van der Waals surface area contributed by atoms with Crippen LogP contribution in [0.2, 0.25) is 0 Å². The number of hydrogen-bond acceptors (Lipinski definition) is 3. The fraction of sp³-hybridized carbons (Fsp3) is 0. The van der Waals surface area contributed by atoms with Gasteiger partial charge in [0.05, 0.1) is 0 Å². The maximum absolute atomic E-state index is 10.6. The molecule has 0 aromatic carbocycles. The van der Waals surface area contributed by atoms with Gasteiger partial charge in [-0.05, 0) is 0 Å². The summed E-state index contributed by atoms with van der Waals surface area (Å²) in [6.07, 6.45) is 3.28. The lowest BCUT2D eigenvalue weighted by molar-refractivity contribution is -0.170. The van der Waals surface area contributed by atoms with E-state index in [1.165, 1.54) is 0 Å². The van der Waals surface area contributed by atoms with Crippen LogP contribution in [0.1, 0.15) is 0 Å². The molecule has 4 nitrogen and oxygen atoms in total. The Labute approximate surface area is 57.3 Å². The molecule has 0 unspecified atom stereocenters. The van der Waals surface area contributed by atoms with Crippen LogP contribution in [-0.4, -0.2) is 16.9 Å². The molecule has 52 valence electrons. The monoisotopic (exact) mass is 139 g/mol. The average Bonchev–Trinajstić information content (AvgIpc) is 2.20. The Morgan fingerprint density at radius 3 is 2.30 bits per heavy atom. The first-order valence-electron chi connectivity index (χ1n) is 2.59. The summed E-state index contributed by atoms with van der Waals surface area (Å²) in [7, 11) is 0. The van der Waals surface area contributed by atoms with Crippen molar-refractivity contribution in [1.29, 1.82) is 0 Å². The third kappa shape index (κ3) is 0.907. The maximum atomic E-state index is 10.6. The van der Waals surface area contributed by atoms with E-state index in [9.17, 15) is 9.59 Å². The van der Waals surface area contributed by atoms with Crippen LogP contribution in [-0.2, 0) is 14.4 Å². The normalized spacial score (nSPS) is 16.2. The molecule has 0 fully saturated rings. The zero-order valence-electron chi connectivity index (χ0n) is 5.11. The van der Waals surface area contributed by atoms with Crippen molar-refractivity contribution in [3.05, 3.63) is 25.0 Å². The molecule has 0 aliphatic carbocycles. The molecule has 0 saturated carbocycles. The topological polar surface area (TPSA) is 46.6 Å². The predicted molar refractivity (Wildman–Crippen MR) is 32.3 cm³/mol. The van der Waals surface area contributed by atoms with E-state index in [0.29, 0.717) is 5.06 Å². The predicted octanol–water partition coefficient (Wildman–Crippen LogP) is -0.0135. The van der Waals surface area contributed by atoms with E-state index < -0.39 is 11.8 Å². The molecule has 4 heteroatoms. The smallest absolute Gasteiger partial charge is 0.287 e. The maximum Gasteiger partial charge on any atom is 0.287 e. The molecule has 10 heavy (non-hydrogen) atoms. The van der Waals surface area contributed by atoms with Gasteiger partial charge in [-0.1, -0.05) is 11.6 Å². The molecule has 1 heterocycles. The van der Waals surface area contributed by atoms with Crippen LogP contribution in [0.25, 0.3) is 0 Å². The molecule has 0 aromatic rings. The number of rotatable bonds is 2. The summed E-state index contributed by atoms with van der Waals surface area (Å²) in [6.45, 7) is 3.20. The van der Waals surface area contributed by atoms with Gasteiger partial charge in [-0.15, -0.1) is 0 Å². The fourth-order valence-corrected chi connectivity index (χ4v) is 0.565. The van der Waals surface area contributed by atoms with Crippen LogP contribution in [0.4, 0.5) is 0 Å². The van der Waals surface area contributed by atoms with Crippen LogP contribution >= 0.6 is 0 Å². The lowest BCUT2D eigenvalue weighted by atomic mass is 10.6. The molecular formula is C6H5NO3. The Kier molecular flexibility index (Phi) is 1.53. The quantitative estimate of drug-likeness (QED) is 0.399. The number of hydrogen-bond donors (Lipinski definition) is 0. The zero-order valence-corrected chi connectivity index (χ0v) is 5.11. The molecule has 1 rings (SSSR count). The van der Waals surface area contributed by atoms with Gasteiger partial charge in [-0.2, -0.15) is 0 Å². The summed E-state index contributed by atoms with van der Waals surface area (Å²) in [5.41, 5.74) is 0. The van der Waals surface area contributed by atoms with Gasteiger partial charge < -0.3 is 4.84 Å². The Morgan fingerprint density at radius 2 is 1.90 bits per heavy atom. The van der Waals surface area contributed by atoms with E-state index in [-0.39, 0.29) is 0 Å². The van der Waals surface area contributed by atoms with Crippen LogP contribution in [0.5, 0.6) is 0 Å². The highest BCUT2D eigenvalue weighted by atomic mass is 16.7. The highest BCUT2D eigenvalue weighted by Crippen LogP contribution is 2.03. The van der Waals surface area contributed by atoms with E-state index in [2.05, 4.69) is 11.4 Å². The van der Waals surface area contributed by atoms with E-state index in [4.69, 9.17) is 0 Å². The van der Waals surface area contributed by atoms with Gasteiger partial charge in [0.2, 0.25) is 0 Å². The molecule has 0 radical (unpaired) electrons. The first kappa shape index (κ1) is 6.54. The highest BCUT2D eigenvalue weighted by molar-refractivity contribution is 6.11. The van der Waals surface area contributed by atoms with Crippen molar-refractivity contribution in [3.8, 4) is 0 Å². The molecule has 0 aromatic heterocycles. The Morgan fingerprint density at radius 1 is 1.40 bits per heavy atom. The van der Waals surface area contributed by atoms with Crippen LogP contribution in [0, 0.1) is 0 Å². The highest BCUT2D eigenvalue weighted by Gasteiger charge is 2.23. The van der Waals surface area contributed by atoms with Gasteiger partial charge in [0, 0.05) is 12.2 Å². The van der Waals surface area contributed by atoms with Crippen molar-refractivity contribution in [2.24, 2.45) is 0 Å². The van der Waals surface area contributed by atoms with Crippen molar-refractivity contribution in [2.75, 3.05) is 0 Å². The first-order valence-corrected chi connectivity index (χ1v) is 2.59.